The lowest BCUT2D eigenvalue weighted by Gasteiger charge is -2.28. The molecule has 59 heavy (non-hydrogen) atoms. The highest BCUT2D eigenvalue weighted by Crippen LogP contribution is 2.52. The van der Waals surface area contributed by atoms with Crippen LogP contribution in [0.3, 0.4) is 0 Å². The topological polar surface area (TPSA) is 16.4 Å². The minimum Gasteiger partial charge on any atom is -0.455 e. The van der Waals surface area contributed by atoms with Crippen molar-refractivity contribution in [3.63, 3.8) is 0 Å². The fourth-order valence-corrected chi connectivity index (χ4v) is 9.20. The standard InChI is InChI=1S/C57H41NO/c1-57(2)53-36-44(39-15-7-4-8-16-39)27-33-49(53)50-34-32-47(37-54(50)57)58(45-28-23-40(24-29-45)43-18-11-17-42(35-43)38-13-5-3-6-14-38)46-30-25-41(26-31-46)48-20-12-21-52-51-19-9-10-22-55(51)59-56(48)52/h3-37H,1-2H3. The fraction of sp³-hybridized carbons (Fsp3) is 0.0526. The molecule has 0 saturated heterocycles. The third-order valence-corrected chi connectivity index (χ3v) is 12.3. The Balaban J connectivity index is 1.00. The number of benzene rings is 9. The molecule has 0 amide bonds. The van der Waals surface area contributed by atoms with Gasteiger partial charge in [-0.15, -0.1) is 0 Å². The summed E-state index contributed by atoms with van der Waals surface area (Å²) in [6.45, 7) is 4.73. The van der Waals surface area contributed by atoms with Crippen LogP contribution in [0.2, 0.25) is 0 Å². The minimum atomic E-state index is -0.181. The Labute approximate surface area is 345 Å². The molecule has 0 radical (unpaired) electrons. The summed E-state index contributed by atoms with van der Waals surface area (Å²) in [5.41, 5.74) is 19.8. The van der Waals surface area contributed by atoms with Gasteiger partial charge in [0, 0.05) is 38.8 Å². The van der Waals surface area contributed by atoms with Crippen LogP contribution >= 0.6 is 0 Å². The predicted molar refractivity (Wildman–Crippen MR) is 248 cm³/mol. The van der Waals surface area contributed by atoms with Crippen LogP contribution < -0.4 is 4.90 Å². The van der Waals surface area contributed by atoms with E-state index >= 15 is 0 Å². The van der Waals surface area contributed by atoms with Crippen molar-refractivity contribution in [1.29, 1.82) is 0 Å². The number of rotatable bonds is 7. The lowest BCUT2D eigenvalue weighted by Crippen LogP contribution is -2.16. The zero-order chi connectivity index (χ0) is 39.5. The van der Waals surface area contributed by atoms with E-state index in [1.807, 2.05) is 12.1 Å². The van der Waals surface area contributed by atoms with Gasteiger partial charge in [0.2, 0.25) is 0 Å². The van der Waals surface area contributed by atoms with E-state index in [1.54, 1.807) is 0 Å². The largest absolute Gasteiger partial charge is 0.455 e. The molecule has 0 saturated carbocycles. The maximum absolute atomic E-state index is 6.45. The lowest BCUT2D eigenvalue weighted by atomic mass is 9.81. The second-order valence-electron chi connectivity index (χ2n) is 16.1. The van der Waals surface area contributed by atoms with Crippen molar-refractivity contribution in [2.75, 3.05) is 4.90 Å². The van der Waals surface area contributed by atoms with E-state index < -0.39 is 0 Å². The highest BCUT2D eigenvalue weighted by atomic mass is 16.3. The SMILES string of the molecule is CC1(C)c2cc(-c3ccccc3)ccc2-c2ccc(N(c3ccc(-c4cccc(-c5ccccc5)c4)cc3)c3ccc(-c4cccc5c4oc4ccccc45)cc3)cc21. The molecule has 0 spiro atoms. The van der Waals surface area contributed by atoms with Crippen molar-refractivity contribution >= 4 is 39.0 Å². The summed E-state index contributed by atoms with van der Waals surface area (Å²) in [5, 5.41) is 2.27. The van der Waals surface area contributed by atoms with E-state index in [0.717, 1.165) is 50.1 Å². The van der Waals surface area contributed by atoms with Crippen LogP contribution in [0, 0.1) is 0 Å². The second kappa shape index (κ2) is 13.9. The predicted octanol–water partition coefficient (Wildman–Crippen LogP) is 16.0. The Hall–Kier alpha value is -7.42. The molecule has 10 aromatic rings. The van der Waals surface area contributed by atoms with Crippen molar-refractivity contribution in [3.05, 3.63) is 223 Å². The molecule has 1 aliphatic rings. The van der Waals surface area contributed by atoms with E-state index in [-0.39, 0.29) is 5.41 Å². The lowest BCUT2D eigenvalue weighted by molar-refractivity contribution is 0.660. The third kappa shape index (κ3) is 5.96. The average Bonchev–Trinajstić information content (AvgIpc) is 3.79. The van der Waals surface area contributed by atoms with Crippen LogP contribution in [0.4, 0.5) is 17.1 Å². The van der Waals surface area contributed by atoms with Crippen LogP contribution in [0.5, 0.6) is 0 Å². The summed E-state index contributed by atoms with van der Waals surface area (Å²) in [4.78, 5) is 2.39. The van der Waals surface area contributed by atoms with Crippen LogP contribution in [0.25, 0.3) is 77.6 Å². The summed E-state index contributed by atoms with van der Waals surface area (Å²) in [6, 6.07) is 76.8. The molecule has 0 unspecified atom stereocenters. The average molecular weight is 756 g/mol. The van der Waals surface area contributed by atoms with Crippen molar-refractivity contribution in [3.8, 4) is 55.6 Å². The van der Waals surface area contributed by atoms with Gasteiger partial charge in [-0.25, -0.2) is 0 Å². The Morgan fingerprint density at radius 1 is 0.339 bits per heavy atom. The molecule has 0 N–H and O–H groups in total. The number of fused-ring (bicyclic) bond motifs is 6. The maximum atomic E-state index is 6.45. The molecule has 2 heteroatoms. The van der Waals surface area contributed by atoms with Gasteiger partial charge in [-0.2, -0.15) is 0 Å². The molecule has 280 valence electrons. The smallest absolute Gasteiger partial charge is 0.143 e. The van der Waals surface area contributed by atoms with Crippen LogP contribution in [-0.2, 0) is 5.41 Å². The van der Waals surface area contributed by atoms with E-state index in [2.05, 4.69) is 219 Å². The van der Waals surface area contributed by atoms with Crippen molar-refractivity contribution < 1.29 is 4.42 Å². The van der Waals surface area contributed by atoms with Gasteiger partial charge in [-0.05, 0) is 116 Å². The molecular weight excluding hydrogens is 715 g/mol. The first kappa shape index (κ1) is 34.8. The molecule has 1 heterocycles. The van der Waals surface area contributed by atoms with E-state index in [0.29, 0.717) is 0 Å². The first-order valence-corrected chi connectivity index (χ1v) is 20.4. The van der Waals surface area contributed by atoms with Gasteiger partial charge >= 0.3 is 0 Å². The van der Waals surface area contributed by atoms with Gasteiger partial charge in [0.1, 0.15) is 11.2 Å². The van der Waals surface area contributed by atoms with Crippen LogP contribution in [-0.4, -0.2) is 0 Å². The summed E-state index contributed by atoms with van der Waals surface area (Å²) < 4.78 is 6.45. The van der Waals surface area contributed by atoms with Gasteiger partial charge in [-0.1, -0.05) is 172 Å². The Kier molecular flexibility index (Phi) is 8.20. The van der Waals surface area contributed by atoms with Gasteiger partial charge < -0.3 is 9.32 Å². The molecule has 0 atom stereocenters. The number of nitrogens with zero attached hydrogens (tertiary/aromatic N) is 1. The number of para-hydroxylation sites is 2. The van der Waals surface area contributed by atoms with Gasteiger partial charge in [-0.3, -0.25) is 0 Å². The Morgan fingerprint density at radius 2 is 0.814 bits per heavy atom. The second-order valence-corrected chi connectivity index (χ2v) is 16.1. The molecule has 0 aliphatic heterocycles. The maximum Gasteiger partial charge on any atom is 0.143 e. The van der Waals surface area contributed by atoms with E-state index in [1.165, 1.54) is 55.6 Å². The molecule has 1 aliphatic carbocycles. The molecule has 9 aromatic carbocycles. The van der Waals surface area contributed by atoms with Crippen molar-refractivity contribution in [2.24, 2.45) is 0 Å². The Bertz CT molecular complexity index is 3160. The number of anilines is 3. The zero-order valence-electron chi connectivity index (χ0n) is 33.1. The molecule has 1 aromatic heterocycles. The van der Waals surface area contributed by atoms with Crippen molar-refractivity contribution in [2.45, 2.75) is 19.3 Å². The zero-order valence-corrected chi connectivity index (χ0v) is 33.1. The highest BCUT2D eigenvalue weighted by molar-refractivity contribution is 6.09. The first-order chi connectivity index (χ1) is 29.0. The van der Waals surface area contributed by atoms with Gasteiger partial charge in [0.25, 0.3) is 0 Å². The number of furan rings is 1. The van der Waals surface area contributed by atoms with E-state index in [4.69, 9.17) is 4.42 Å². The van der Waals surface area contributed by atoms with Crippen molar-refractivity contribution in [1.82, 2.24) is 0 Å². The van der Waals surface area contributed by atoms with Gasteiger partial charge in [0.05, 0.1) is 0 Å². The highest BCUT2D eigenvalue weighted by Gasteiger charge is 2.36. The van der Waals surface area contributed by atoms with Crippen LogP contribution in [0.1, 0.15) is 25.0 Å². The summed E-state index contributed by atoms with van der Waals surface area (Å²) >= 11 is 0. The monoisotopic (exact) mass is 755 g/mol. The summed E-state index contributed by atoms with van der Waals surface area (Å²) in [7, 11) is 0. The molecule has 0 bridgehead atoms. The van der Waals surface area contributed by atoms with Gasteiger partial charge in [0.15, 0.2) is 0 Å². The number of hydrogen-bond donors (Lipinski definition) is 0. The summed E-state index contributed by atoms with van der Waals surface area (Å²) in [6.07, 6.45) is 0. The Morgan fingerprint density at radius 3 is 1.49 bits per heavy atom. The van der Waals surface area contributed by atoms with Crippen LogP contribution in [0.15, 0.2) is 217 Å². The third-order valence-electron chi connectivity index (χ3n) is 12.3. The molecular formula is C57H41NO. The first-order valence-electron chi connectivity index (χ1n) is 20.4. The molecule has 0 fully saturated rings. The molecule has 2 nitrogen and oxygen atoms in total. The fourth-order valence-electron chi connectivity index (χ4n) is 9.20. The summed E-state index contributed by atoms with van der Waals surface area (Å²) in [5.74, 6) is 0. The van der Waals surface area contributed by atoms with E-state index in [9.17, 15) is 0 Å². The normalized spacial score (nSPS) is 12.7. The minimum absolute atomic E-state index is 0.181. The number of hydrogen-bond acceptors (Lipinski definition) is 2. The molecule has 11 rings (SSSR count). The quantitative estimate of drug-likeness (QED) is 0.161.